The largest absolute Gasteiger partial charge is 0.693 e. The van der Waals surface area contributed by atoms with E-state index in [1.807, 2.05) is 0 Å². The van der Waals surface area contributed by atoms with Gasteiger partial charge in [0.1, 0.15) is 0 Å². The van der Waals surface area contributed by atoms with Gasteiger partial charge < -0.3 is 19.8 Å². The summed E-state index contributed by atoms with van der Waals surface area (Å²) in [6, 6.07) is 0. The van der Waals surface area contributed by atoms with Crippen LogP contribution in [0.5, 0.6) is 0 Å². The monoisotopic (exact) mass is 213 g/mol. The fourth-order valence-electron chi connectivity index (χ4n) is 0.133. The molecule has 1 radical (unpaired) electrons. The summed E-state index contributed by atoms with van der Waals surface area (Å²) in [5.41, 5.74) is 0. The standard InChI is InChI=1S/C6H5.2CH4.CH3.Y/c1-3-5-6-4-2;;;;/h6H2,1H3;2*1H4;1H3;/q-1;;;-1;. The fraction of sp³-hybridized carbons (Fsp3) is 0.444. The van der Waals surface area contributed by atoms with Crippen LogP contribution in [0.15, 0.2) is 0 Å². The molecule has 0 atom stereocenters. The van der Waals surface area contributed by atoms with Gasteiger partial charge in [-0.3, -0.25) is 0 Å². The summed E-state index contributed by atoms with van der Waals surface area (Å²) in [4.78, 5) is 0. The van der Waals surface area contributed by atoms with E-state index in [0.29, 0.717) is 6.42 Å². The molecule has 0 nitrogen and oxygen atoms in total. The summed E-state index contributed by atoms with van der Waals surface area (Å²) < 4.78 is 0. The Kier molecular flexibility index (Phi) is 111. The van der Waals surface area contributed by atoms with Gasteiger partial charge in [-0.1, -0.05) is 20.8 Å². The van der Waals surface area contributed by atoms with Crippen LogP contribution >= 0.6 is 0 Å². The van der Waals surface area contributed by atoms with Gasteiger partial charge in [0.15, 0.2) is 0 Å². The second-order valence-electron chi connectivity index (χ2n) is 0.780. The van der Waals surface area contributed by atoms with Crippen LogP contribution in [0.3, 0.4) is 0 Å². The average Bonchev–Trinajstić information content (AvgIpc) is 1.61. The summed E-state index contributed by atoms with van der Waals surface area (Å²) in [6.45, 7) is 1.75. The van der Waals surface area contributed by atoms with Crippen molar-refractivity contribution in [2.24, 2.45) is 0 Å². The molecule has 0 bridgehead atoms. The third kappa shape index (κ3) is 41.3. The molecule has 0 saturated heterocycles. The molecule has 0 aliphatic rings. The van der Waals surface area contributed by atoms with Crippen molar-refractivity contribution >= 4 is 0 Å². The Balaban J connectivity index is -0.0000000208. The summed E-state index contributed by atoms with van der Waals surface area (Å²) >= 11 is 0. The van der Waals surface area contributed by atoms with Crippen LogP contribution in [0.4, 0.5) is 0 Å². The zero-order valence-corrected chi connectivity index (χ0v) is 8.12. The molecule has 0 aromatic heterocycles. The van der Waals surface area contributed by atoms with E-state index < -0.39 is 0 Å². The third-order valence-corrected chi connectivity index (χ3v) is 0.354. The predicted octanol–water partition coefficient (Wildman–Crippen LogP) is 2.71. The van der Waals surface area contributed by atoms with Gasteiger partial charge in [-0.25, -0.2) is 0 Å². The van der Waals surface area contributed by atoms with Crippen LogP contribution in [0, 0.1) is 31.6 Å². The molecule has 0 rings (SSSR count). The van der Waals surface area contributed by atoms with Crippen molar-refractivity contribution in [1.29, 1.82) is 0 Å². The van der Waals surface area contributed by atoms with Gasteiger partial charge in [0.25, 0.3) is 0 Å². The van der Waals surface area contributed by atoms with E-state index in [9.17, 15) is 0 Å². The van der Waals surface area contributed by atoms with Gasteiger partial charge in [0, 0.05) is 39.1 Å². The topological polar surface area (TPSA) is 0 Å². The molecule has 57 valence electrons. The van der Waals surface area contributed by atoms with Crippen molar-refractivity contribution < 1.29 is 32.7 Å². The molecule has 0 amide bonds. The molecule has 0 aromatic carbocycles. The Morgan fingerprint density at radius 1 is 1.30 bits per heavy atom. The second-order valence-corrected chi connectivity index (χ2v) is 0.780. The maximum atomic E-state index is 6.35. The van der Waals surface area contributed by atoms with E-state index in [-0.39, 0.29) is 55.0 Å². The summed E-state index contributed by atoms with van der Waals surface area (Å²) in [6.07, 6.45) is 6.82. The molecular formula is C9H16Y-2. The average molecular weight is 213 g/mol. The van der Waals surface area contributed by atoms with Crippen LogP contribution in [0.1, 0.15) is 28.2 Å². The summed E-state index contributed by atoms with van der Waals surface area (Å²) in [5.74, 6) is 7.43. The minimum Gasteiger partial charge on any atom is -0.693 e. The molecule has 1 heteroatoms. The van der Waals surface area contributed by atoms with E-state index in [1.165, 1.54) is 0 Å². The van der Waals surface area contributed by atoms with Gasteiger partial charge in [-0.2, -0.15) is 0 Å². The maximum Gasteiger partial charge on any atom is 0.0309 e. The normalized spacial score (nSPS) is 2.80. The quantitative estimate of drug-likeness (QED) is 0.428. The van der Waals surface area contributed by atoms with Crippen LogP contribution < -0.4 is 0 Å². The Morgan fingerprint density at radius 3 is 1.80 bits per heavy atom. The van der Waals surface area contributed by atoms with E-state index in [0.717, 1.165) is 0 Å². The van der Waals surface area contributed by atoms with Gasteiger partial charge in [0.05, 0.1) is 0 Å². The molecular weight excluding hydrogens is 197 g/mol. The van der Waals surface area contributed by atoms with Crippen molar-refractivity contribution in [3.8, 4) is 17.8 Å². The third-order valence-electron chi connectivity index (χ3n) is 0.354. The zero-order chi connectivity index (χ0) is 4.83. The summed E-state index contributed by atoms with van der Waals surface area (Å²) in [5, 5.41) is 0. The molecule has 0 heterocycles. The molecule has 0 spiro atoms. The smallest absolute Gasteiger partial charge is 0.0309 e. The van der Waals surface area contributed by atoms with Crippen molar-refractivity contribution in [2.45, 2.75) is 28.2 Å². The molecule has 0 N–H and O–H groups in total. The van der Waals surface area contributed by atoms with Gasteiger partial charge in [-0.15, -0.1) is 5.92 Å². The molecule has 0 unspecified atom stereocenters. The van der Waals surface area contributed by atoms with Crippen molar-refractivity contribution in [3.63, 3.8) is 0 Å². The van der Waals surface area contributed by atoms with E-state index in [2.05, 4.69) is 17.8 Å². The number of hydrogen-bond donors (Lipinski definition) is 0. The van der Waals surface area contributed by atoms with Crippen molar-refractivity contribution in [3.05, 3.63) is 13.9 Å². The Bertz CT molecular complexity index is 109. The van der Waals surface area contributed by atoms with E-state index in [4.69, 9.17) is 6.42 Å². The molecule has 0 saturated carbocycles. The van der Waals surface area contributed by atoms with E-state index in [1.54, 1.807) is 6.92 Å². The minimum atomic E-state index is 0. The first kappa shape index (κ1) is 31.9. The molecule has 0 aliphatic heterocycles. The van der Waals surface area contributed by atoms with Crippen molar-refractivity contribution in [2.75, 3.05) is 0 Å². The molecule has 0 aliphatic carbocycles. The minimum absolute atomic E-state index is 0. The first-order chi connectivity index (χ1) is 2.91. The molecule has 0 fully saturated rings. The van der Waals surface area contributed by atoms with Crippen LogP contribution in [-0.2, 0) is 32.7 Å². The van der Waals surface area contributed by atoms with Crippen LogP contribution in [-0.4, -0.2) is 0 Å². The van der Waals surface area contributed by atoms with Gasteiger partial charge in [-0.05, 0) is 6.92 Å². The SMILES string of the molecule is C.C.[C-]#CCC#CC.[CH3-].[Y]. The molecule has 10 heavy (non-hydrogen) atoms. The first-order valence-corrected chi connectivity index (χ1v) is 1.71. The number of hydrogen-bond acceptors (Lipinski definition) is 0. The van der Waals surface area contributed by atoms with Gasteiger partial charge >= 0.3 is 0 Å². The Morgan fingerprint density at radius 2 is 1.70 bits per heavy atom. The van der Waals surface area contributed by atoms with Crippen molar-refractivity contribution in [1.82, 2.24) is 0 Å². The fourth-order valence-corrected chi connectivity index (χ4v) is 0.133. The first-order valence-electron chi connectivity index (χ1n) is 1.71. The molecule has 0 aromatic rings. The van der Waals surface area contributed by atoms with Gasteiger partial charge in [0.2, 0.25) is 0 Å². The number of rotatable bonds is 0. The zero-order valence-electron chi connectivity index (χ0n) is 5.28. The maximum absolute atomic E-state index is 6.35. The van der Waals surface area contributed by atoms with Crippen LogP contribution in [0.25, 0.3) is 0 Å². The second kappa shape index (κ2) is 35.0. The Labute approximate surface area is 92.1 Å². The van der Waals surface area contributed by atoms with Crippen LogP contribution in [0.2, 0.25) is 0 Å². The van der Waals surface area contributed by atoms with E-state index >= 15 is 0 Å². The predicted molar refractivity (Wildman–Crippen MR) is 45.1 cm³/mol. The summed E-state index contributed by atoms with van der Waals surface area (Å²) in [7, 11) is 0. The Hall–Kier alpha value is 0.224.